The number of amides is 2. The maximum Gasteiger partial charge on any atom is 0.329 e. The average molecular weight is 333 g/mol. The van der Waals surface area contributed by atoms with Crippen LogP contribution >= 0.6 is 0 Å². The van der Waals surface area contributed by atoms with Gasteiger partial charge in [0, 0.05) is 18.7 Å². The number of nitrogens with zero attached hydrogens (tertiary/aromatic N) is 2. The standard InChI is InChI=1S/C15H19N5O4/c1-4-5-20-11-10(14(23)17-15(20)24)6-9(7-16-11)13(22)19-18-12(21)8(2)3/h6-8H,4-5H2,1-3H3,(H,18,21)(H,19,22)(H,17,23,24). The van der Waals surface area contributed by atoms with Gasteiger partial charge in [-0.2, -0.15) is 0 Å². The molecule has 2 aromatic rings. The zero-order chi connectivity index (χ0) is 17.9. The predicted octanol–water partition coefficient (Wildman–Crippen LogP) is -0.0882. The van der Waals surface area contributed by atoms with Crippen molar-refractivity contribution < 1.29 is 9.59 Å². The fourth-order valence-electron chi connectivity index (χ4n) is 2.06. The van der Waals surface area contributed by atoms with Crippen LogP contribution in [-0.4, -0.2) is 26.3 Å². The van der Waals surface area contributed by atoms with Gasteiger partial charge in [0.05, 0.1) is 10.9 Å². The van der Waals surface area contributed by atoms with Crippen LogP contribution in [0.4, 0.5) is 0 Å². The van der Waals surface area contributed by atoms with Crippen LogP contribution in [0.25, 0.3) is 11.0 Å². The number of carbonyl (C=O) groups is 2. The Morgan fingerprint density at radius 2 is 2.00 bits per heavy atom. The number of aryl methyl sites for hydroxylation is 1. The highest BCUT2D eigenvalue weighted by atomic mass is 16.2. The molecule has 0 unspecified atom stereocenters. The third-order valence-electron chi connectivity index (χ3n) is 3.37. The average Bonchev–Trinajstić information content (AvgIpc) is 2.55. The van der Waals surface area contributed by atoms with E-state index in [-0.39, 0.29) is 28.4 Å². The van der Waals surface area contributed by atoms with Gasteiger partial charge < -0.3 is 0 Å². The third-order valence-corrected chi connectivity index (χ3v) is 3.37. The Morgan fingerprint density at radius 3 is 2.62 bits per heavy atom. The van der Waals surface area contributed by atoms with Gasteiger partial charge in [0.25, 0.3) is 11.5 Å². The molecule has 128 valence electrons. The highest BCUT2D eigenvalue weighted by Crippen LogP contribution is 2.08. The van der Waals surface area contributed by atoms with E-state index in [2.05, 4.69) is 20.8 Å². The Hall–Kier alpha value is -2.97. The Labute approximate surface area is 137 Å². The number of H-pyrrole nitrogens is 1. The maximum absolute atomic E-state index is 12.1. The van der Waals surface area contributed by atoms with E-state index in [0.717, 1.165) is 0 Å². The second-order valence-electron chi connectivity index (χ2n) is 5.60. The molecule has 0 atom stereocenters. The number of hydrazine groups is 1. The van der Waals surface area contributed by atoms with E-state index in [9.17, 15) is 19.2 Å². The van der Waals surface area contributed by atoms with Crippen molar-refractivity contribution in [3.8, 4) is 0 Å². The number of aromatic amines is 1. The molecule has 0 fully saturated rings. The minimum Gasteiger partial charge on any atom is -0.278 e. The number of fused-ring (bicyclic) bond motifs is 1. The van der Waals surface area contributed by atoms with Crippen LogP contribution in [0.5, 0.6) is 0 Å². The summed E-state index contributed by atoms with van der Waals surface area (Å²) in [5, 5.41) is 0.130. The van der Waals surface area contributed by atoms with Crippen molar-refractivity contribution in [1.82, 2.24) is 25.4 Å². The van der Waals surface area contributed by atoms with Gasteiger partial charge in [-0.15, -0.1) is 0 Å². The first-order valence-electron chi connectivity index (χ1n) is 7.58. The third kappa shape index (κ3) is 3.50. The fraction of sp³-hybridized carbons (Fsp3) is 0.400. The van der Waals surface area contributed by atoms with Gasteiger partial charge in [-0.1, -0.05) is 20.8 Å². The molecule has 0 aliphatic heterocycles. The van der Waals surface area contributed by atoms with Crippen molar-refractivity contribution in [2.75, 3.05) is 0 Å². The fourth-order valence-corrected chi connectivity index (χ4v) is 2.06. The first-order chi connectivity index (χ1) is 11.3. The molecule has 0 aromatic carbocycles. The van der Waals surface area contributed by atoms with Gasteiger partial charge in [0.15, 0.2) is 0 Å². The van der Waals surface area contributed by atoms with Crippen molar-refractivity contribution in [2.24, 2.45) is 5.92 Å². The predicted molar refractivity (Wildman–Crippen MR) is 87.4 cm³/mol. The maximum atomic E-state index is 12.1. The van der Waals surface area contributed by atoms with Crippen molar-refractivity contribution in [2.45, 2.75) is 33.7 Å². The topological polar surface area (TPSA) is 126 Å². The minimum atomic E-state index is -0.615. The highest BCUT2D eigenvalue weighted by molar-refractivity contribution is 5.97. The van der Waals surface area contributed by atoms with E-state index in [1.807, 2.05) is 6.92 Å². The normalized spacial score (nSPS) is 10.8. The molecule has 0 spiro atoms. The van der Waals surface area contributed by atoms with Gasteiger partial charge in [-0.25, -0.2) is 9.78 Å². The molecule has 0 radical (unpaired) electrons. The minimum absolute atomic E-state index is 0.0961. The van der Waals surface area contributed by atoms with E-state index >= 15 is 0 Å². The summed E-state index contributed by atoms with van der Waals surface area (Å²) in [4.78, 5) is 53.6. The SMILES string of the molecule is CCCn1c(=O)[nH]c(=O)c2cc(C(=O)NNC(=O)C(C)C)cnc21. The van der Waals surface area contributed by atoms with Crippen molar-refractivity contribution in [1.29, 1.82) is 0 Å². The molecule has 2 heterocycles. The number of hydrogen-bond donors (Lipinski definition) is 3. The summed E-state index contributed by atoms with van der Waals surface area (Å²) >= 11 is 0. The quantitative estimate of drug-likeness (QED) is 0.674. The number of pyridine rings is 1. The highest BCUT2D eigenvalue weighted by Gasteiger charge is 2.14. The van der Waals surface area contributed by atoms with E-state index < -0.39 is 17.2 Å². The van der Waals surface area contributed by atoms with Crippen LogP contribution in [0.3, 0.4) is 0 Å². The number of nitrogens with one attached hydrogen (secondary N) is 3. The molecule has 2 amide bonds. The molecule has 0 bridgehead atoms. The second-order valence-corrected chi connectivity index (χ2v) is 5.60. The molecule has 9 nitrogen and oxygen atoms in total. The summed E-state index contributed by atoms with van der Waals surface area (Å²) in [5.74, 6) is -1.23. The molecule has 24 heavy (non-hydrogen) atoms. The van der Waals surface area contributed by atoms with Crippen LogP contribution in [0.15, 0.2) is 21.9 Å². The molecule has 2 aromatic heterocycles. The van der Waals surface area contributed by atoms with Crippen molar-refractivity contribution >= 4 is 22.8 Å². The van der Waals surface area contributed by atoms with Crippen LogP contribution < -0.4 is 22.1 Å². The molecule has 9 heteroatoms. The monoisotopic (exact) mass is 333 g/mol. The lowest BCUT2D eigenvalue weighted by Gasteiger charge is -2.10. The molecule has 0 aliphatic rings. The van der Waals surface area contributed by atoms with Gasteiger partial charge in [0.2, 0.25) is 5.91 Å². The largest absolute Gasteiger partial charge is 0.329 e. The zero-order valence-corrected chi connectivity index (χ0v) is 13.7. The summed E-state index contributed by atoms with van der Waals surface area (Å²) in [6.45, 7) is 5.66. The lowest BCUT2D eigenvalue weighted by Crippen LogP contribution is -2.43. The molecular weight excluding hydrogens is 314 g/mol. The van der Waals surface area contributed by atoms with Gasteiger partial charge >= 0.3 is 5.69 Å². The lowest BCUT2D eigenvalue weighted by atomic mass is 10.2. The summed E-state index contributed by atoms with van der Waals surface area (Å²) in [7, 11) is 0. The zero-order valence-electron chi connectivity index (χ0n) is 13.7. The molecule has 0 aliphatic carbocycles. The molecule has 3 N–H and O–H groups in total. The number of rotatable bonds is 4. The first-order valence-corrected chi connectivity index (χ1v) is 7.58. The van der Waals surface area contributed by atoms with E-state index in [0.29, 0.717) is 13.0 Å². The van der Waals surface area contributed by atoms with Crippen LogP contribution in [-0.2, 0) is 11.3 Å². The van der Waals surface area contributed by atoms with Crippen molar-refractivity contribution in [3.63, 3.8) is 0 Å². The number of aromatic nitrogens is 3. The van der Waals surface area contributed by atoms with Crippen LogP contribution in [0.2, 0.25) is 0 Å². The summed E-state index contributed by atoms with van der Waals surface area (Å²) in [6.07, 6.45) is 1.94. The smallest absolute Gasteiger partial charge is 0.278 e. The Bertz CT molecular complexity index is 897. The van der Waals surface area contributed by atoms with Gasteiger partial charge in [-0.05, 0) is 12.5 Å². The summed E-state index contributed by atoms with van der Waals surface area (Å²) in [5.41, 5.74) is 3.69. The number of carbonyl (C=O) groups excluding carboxylic acids is 2. The van der Waals surface area contributed by atoms with Crippen LogP contribution in [0.1, 0.15) is 37.6 Å². The first kappa shape index (κ1) is 17.4. The van der Waals surface area contributed by atoms with E-state index in [1.165, 1.54) is 16.8 Å². The Balaban J connectivity index is 2.38. The molecular formula is C15H19N5O4. The number of hydrogen-bond acceptors (Lipinski definition) is 5. The van der Waals surface area contributed by atoms with Gasteiger partial charge in [0.1, 0.15) is 5.65 Å². The Kier molecular flexibility index (Phi) is 5.12. The summed E-state index contributed by atoms with van der Waals surface area (Å²) in [6, 6.07) is 1.34. The van der Waals surface area contributed by atoms with Crippen LogP contribution in [0, 0.1) is 5.92 Å². The van der Waals surface area contributed by atoms with E-state index in [1.54, 1.807) is 13.8 Å². The molecule has 0 saturated heterocycles. The Morgan fingerprint density at radius 1 is 1.29 bits per heavy atom. The lowest BCUT2D eigenvalue weighted by molar-refractivity contribution is -0.124. The van der Waals surface area contributed by atoms with Gasteiger partial charge in [-0.3, -0.25) is 34.8 Å². The van der Waals surface area contributed by atoms with Crippen molar-refractivity contribution in [3.05, 3.63) is 38.7 Å². The second kappa shape index (κ2) is 7.07. The molecule has 2 rings (SSSR count). The summed E-state index contributed by atoms with van der Waals surface area (Å²) < 4.78 is 1.35. The molecule has 0 saturated carbocycles. The van der Waals surface area contributed by atoms with E-state index in [4.69, 9.17) is 0 Å².